The average Bonchev–Trinajstić information content (AvgIpc) is 3.07. The molecule has 2 rings (SSSR count). The van der Waals surface area contributed by atoms with E-state index in [-0.39, 0.29) is 23.7 Å². The van der Waals surface area contributed by atoms with Gasteiger partial charge < -0.3 is 15.4 Å². The van der Waals surface area contributed by atoms with Crippen LogP contribution in [-0.2, 0) is 19.7 Å². The van der Waals surface area contributed by atoms with Gasteiger partial charge in [-0.05, 0) is 18.6 Å². The van der Waals surface area contributed by atoms with E-state index in [1.54, 1.807) is 11.8 Å². The molecule has 2 aromatic rings. The Hall–Kier alpha value is -2.67. The van der Waals surface area contributed by atoms with Gasteiger partial charge >= 0.3 is 0 Å². The molecule has 0 fully saturated rings. The summed E-state index contributed by atoms with van der Waals surface area (Å²) in [6.45, 7) is 7.20. The van der Waals surface area contributed by atoms with E-state index in [0.29, 0.717) is 31.8 Å². The molecule has 1 aromatic heterocycles. The molecule has 152 valence electrons. The maximum Gasteiger partial charge on any atom is 0.225 e. The van der Waals surface area contributed by atoms with Gasteiger partial charge in [-0.3, -0.25) is 9.59 Å². The fraction of sp³-hybridized carbons (Fsp3) is 0.476. The van der Waals surface area contributed by atoms with Crippen molar-refractivity contribution in [3.05, 3.63) is 42.1 Å². The van der Waals surface area contributed by atoms with Gasteiger partial charge in [-0.25, -0.2) is 4.68 Å². The molecule has 2 N–H and O–H groups in total. The number of nitrogens with zero attached hydrogens (tertiary/aromatic N) is 2. The zero-order chi connectivity index (χ0) is 20.6. The molecule has 0 saturated heterocycles. The van der Waals surface area contributed by atoms with Crippen LogP contribution in [0, 0.1) is 0 Å². The van der Waals surface area contributed by atoms with Crippen molar-refractivity contribution in [3.63, 3.8) is 0 Å². The molecular weight excluding hydrogens is 356 g/mol. The highest BCUT2D eigenvalue weighted by molar-refractivity contribution is 5.90. The molecule has 7 heteroatoms. The normalized spacial score (nSPS) is 11.3. The smallest absolute Gasteiger partial charge is 0.225 e. The Morgan fingerprint density at radius 1 is 1.11 bits per heavy atom. The first-order valence-electron chi connectivity index (χ1n) is 9.52. The highest BCUT2D eigenvalue weighted by Crippen LogP contribution is 2.26. The number of carbonyl (C=O) groups excluding carboxylic acids is 2. The molecule has 0 radical (unpaired) electrons. The number of hydrogen-bond donors (Lipinski definition) is 2. The van der Waals surface area contributed by atoms with Crippen molar-refractivity contribution in [3.8, 4) is 5.69 Å². The topological polar surface area (TPSA) is 85.2 Å². The fourth-order valence-corrected chi connectivity index (χ4v) is 2.60. The minimum Gasteiger partial charge on any atom is -0.383 e. The quantitative estimate of drug-likeness (QED) is 0.649. The SMILES string of the molecule is COCCNC(=O)CCCC(=O)Nc1cc(C(C)(C)C)nn1-c1ccccc1. The third-order valence-electron chi connectivity index (χ3n) is 4.18. The van der Waals surface area contributed by atoms with Gasteiger partial charge in [0.2, 0.25) is 11.8 Å². The molecule has 0 bridgehead atoms. The molecule has 0 spiro atoms. The van der Waals surface area contributed by atoms with Crippen molar-refractivity contribution in [2.24, 2.45) is 0 Å². The molecule has 0 saturated carbocycles. The maximum atomic E-state index is 12.4. The number of hydrogen-bond acceptors (Lipinski definition) is 4. The molecule has 7 nitrogen and oxygen atoms in total. The van der Waals surface area contributed by atoms with Gasteiger partial charge in [-0.1, -0.05) is 39.0 Å². The number of carbonyl (C=O) groups is 2. The number of methoxy groups -OCH3 is 1. The minimum absolute atomic E-state index is 0.0748. The van der Waals surface area contributed by atoms with Crippen molar-refractivity contribution in [1.82, 2.24) is 15.1 Å². The zero-order valence-corrected chi connectivity index (χ0v) is 17.1. The number of ether oxygens (including phenoxy) is 1. The summed E-state index contributed by atoms with van der Waals surface area (Å²) in [5.74, 6) is 0.419. The van der Waals surface area contributed by atoms with E-state index in [4.69, 9.17) is 4.74 Å². The second kappa shape index (κ2) is 10.0. The zero-order valence-electron chi connectivity index (χ0n) is 17.1. The molecule has 0 aliphatic rings. The van der Waals surface area contributed by atoms with Gasteiger partial charge in [0, 0.05) is 38.0 Å². The van der Waals surface area contributed by atoms with Gasteiger partial charge in [0.15, 0.2) is 0 Å². The van der Waals surface area contributed by atoms with Gasteiger partial charge in [-0.15, -0.1) is 0 Å². The van der Waals surface area contributed by atoms with Gasteiger partial charge in [0.05, 0.1) is 18.0 Å². The Kier molecular flexibility index (Phi) is 7.75. The average molecular weight is 386 g/mol. The van der Waals surface area contributed by atoms with Crippen LogP contribution in [0.25, 0.3) is 5.69 Å². The molecule has 1 aromatic carbocycles. The number of rotatable bonds is 9. The maximum absolute atomic E-state index is 12.4. The summed E-state index contributed by atoms with van der Waals surface area (Å²) in [7, 11) is 1.59. The molecule has 28 heavy (non-hydrogen) atoms. The summed E-state index contributed by atoms with van der Waals surface area (Å²) in [5.41, 5.74) is 1.63. The third kappa shape index (κ3) is 6.49. The molecule has 0 aliphatic carbocycles. The number of para-hydroxylation sites is 1. The molecule has 2 amide bonds. The van der Waals surface area contributed by atoms with Crippen molar-refractivity contribution in [2.45, 2.75) is 45.4 Å². The van der Waals surface area contributed by atoms with Crippen LogP contribution in [0.4, 0.5) is 5.82 Å². The van der Waals surface area contributed by atoms with Crippen molar-refractivity contribution in [2.75, 3.05) is 25.6 Å². The van der Waals surface area contributed by atoms with E-state index in [2.05, 4.69) is 36.5 Å². The number of amides is 2. The number of aromatic nitrogens is 2. The number of nitrogens with one attached hydrogen (secondary N) is 2. The van der Waals surface area contributed by atoms with E-state index in [0.717, 1.165) is 11.4 Å². The van der Waals surface area contributed by atoms with Crippen LogP contribution in [0.15, 0.2) is 36.4 Å². The first kappa shape index (κ1) is 21.6. The first-order chi connectivity index (χ1) is 13.3. The van der Waals surface area contributed by atoms with Gasteiger partial charge in [-0.2, -0.15) is 5.10 Å². The summed E-state index contributed by atoms with van der Waals surface area (Å²) in [6.07, 6.45) is 1.06. The third-order valence-corrected chi connectivity index (χ3v) is 4.18. The van der Waals surface area contributed by atoms with Crippen LogP contribution < -0.4 is 10.6 Å². The van der Waals surface area contributed by atoms with E-state index in [1.165, 1.54) is 0 Å². The molecule has 0 atom stereocenters. The van der Waals surface area contributed by atoms with E-state index in [1.807, 2.05) is 36.4 Å². The Balaban J connectivity index is 1.99. The lowest BCUT2D eigenvalue weighted by molar-refractivity contribution is -0.121. The Labute approximate surface area is 166 Å². The van der Waals surface area contributed by atoms with Crippen LogP contribution in [-0.4, -0.2) is 41.9 Å². The van der Waals surface area contributed by atoms with Crippen LogP contribution >= 0.6 is 0 Å². The van der Waals surface area contributed by atoms with Crippen LogP contribution in [0.3, 0.4) is 0 Å². The number of benzene rings is 1. The summed E-state index contributed by atoms with van der Waals surface area (Å²) >= 11 is 0. The molecule has 1 heterocycles. The molecule has 0 aliphatic heterocycles. The van der Waals surface area contributed by atoms with Crippen molar-refractivity contribution >= 4 is 17.6 Å². The van der Waals surface area contributed by atoms with Crippen LogP contribution in [0.2, 0.25) is 0 Å². The highest BCUT2D eigenvalue weighted by atomic mass is 16.5. The molecular formula is C21H30N4O3. The molecule has 0 unspecified atom stereocenters. The lowest BCUT2D eigenvalue weighted by Gasteiger charge is -2.14. The first-order valence-corrected chi connectivity index (χ1v) is 9.52. The predicted octanol–water partition coefficient (Wildman–Crippen LogP) is 3.04. The summed E-state index contributed by atoms with van der Waals surface area (Å²) in [6, 6.07) is 11.6. The van der Waals surface area contributed by atoms with Crippen LogP contribution in [0.5, 0.6) is 0 Å². The fourth-order valence-electron chi connectivity index (χ4n) is 2.60. The Bertz CT molecular complexity index is 779. The van der Waals surface area contributed by atoms with Gasteiger partial charge in [0.25, 0.3) is 0 Å². The Morgan fingerprint density at radius 2 is 1.79 bits per heavy atom. The van der Waals surface area contributed by atoms with Crippen molar-refractivity contribution in [1.29, 1.82) is 0 Å². The predicted molar refractivity (Wildman–Crippen MR) is 110 cm³/mol. The second-order valence-electron chi connectivity index (χ2n) is 7.66. The Morgan fingerprint density at radius 3 is 2.43 bits per heavy atom. The number of anilines is 1. The van der Waals surface area contributed by atoms with E-state index < -0.39 is 0 Å². The summed E-state index contributed by atoms with van der Waals surface area (Å²) in [5, 5.41) is 10.4. The van der Waals surface area contributed by atoms with E-state index in [9.17, 15) is 9.59 Å². The monoisotopic (exact) mass is 386 g/mol. The second-order valence-corrected chi connectivity index (χ2v) is 7.66. The van der Waals surface area contributed by atoms with Gasteiger partial charge in [0.1, 0.15) is 5.82 Å². The van der Waals surface area contributed by atoms with Crippen molar-refractivity contribution < 1.29 is 14.3 Å². The van der Waals surface area contributed by atoms with E-state index >= 15 is 0 Å². The lowest BCUT2D eigenvalue weighted by atomic mass is 9.92. The largest absolute Gasteiger partial charge is 0.383 e. The summed E-state index contributed by atoms with van der Waals surface area (Å²) in [4.78, 5) is 24.1. The highest BCUT2D eigenvalue weighted by Gasteiger charge is 2.21. The van der Waals surface area contributed by atoms with Crippen LogP contribution in [0.1, 0.15) is 45.7 Å². The standard InChI is InChI=1S/C21H30N4O3/c1-21(2,3)17-15-18(25(24-17)16-9-6-5-7-10-16)23-20(27)12-8-11-19(26)22-13-14-28-4/h5-7,9-10,15H,8,11-14H2,1-4H3,(H,22,26)(H,23,27). The minimum atomic E-state index is -0.139. The lowest BCUT2D eigenvalue weighted by Crippen LogP contribution is -2.27. The summed E-state index contributed by atoms with van der Waals surface area (Å²) < 4.78 is 6.63.